The third-order valence-electron chi connectivity index (χ3n) is 4.03. The molecule has 0 amide bonds. The molecule has 15 heavy (non-hydrogen) atoms. The highest BCUT2D eigenvalue weighted by molar-refractivity contribution is 4.95. The van der Waals surface area contributed by atoms with Crippen LogP contribution in [0.25, 0.3) is 0 Å². The van der Waals surface area contributed by atoms with Gasteiger partial charge in [-0.3, -0.25) is 4.90 Å². The molecule has 1 aliphatic carbocycles. The zero-order valence-electron chi connectivity index (χ0n) is 10.0. The van der Waals surface area contributed by atoms with E-state index >= 15 is 0 Å². The zero-order chi connectivity index (χ0) is 10.7. The fourth-order valence-corrected chi connectivity index (χ4v) is 3.24. The number of likely N-dealkylation sites (N-methyl/N-ethyl adjacent to an activating group) is 1. The Morgan fingerprint density at radius 1 is 1.13 bits per heavy atom. The Hall–Kier alpha value is -0.120. The Bertz CT molecular complexity index is 177. The summed E-state index contributed by atoms with van der Waals surface area (Å²) in [6.07, 6.45) is 7.00. The molecule has 3 atom stereocenters. The van der Waals surface area contributed by atoms with Crippen LogP contribution >= 0.6 is 0 Å². The second kappa shape index (κ2) is 5.28. The van der Waals surface area contributed by atoms with Crippen LogP contribution < -0.4 is 5.32 Å². The maximum atomic E-state index is 5.67. The van der Waals surface area contributed by atoms with Crippen LogP contribution in [0.2, 0.25) is 0 Å². The molecule has 88 valence electrons. The molecule has 2 aliphatic rings. The van der Waals surface area contributed by atoms with Gasteiger partial charge in [0.15, 0.2) is 0 Å². The molecule has 1 aliphatic heterocycles. The summed E-state index contributed by atoms with van der Waals surface area (Å²) in [5.74, 6) is 0. The van der Waals surface area contributed by atoms with Crippen LogP contribution in [0, 0.1) is 0 Å². The van der Waals surface area contributed by atoms with Gasteiger partial charge >= 0.3 is 0 Å². The molecule has 3 nitrogen and oxygen atoms in total. The van der Waals surface area contributed by atoms with Crippen molar-refractivity contribution in [3.05, 3.63) is 0 Å². The predicted octanol–water partition coefficient (Wildman–Crippen LogP) is 1.24. The van der Waals surface area contributed by atoms with Gasteiger partial charge in [0.2, 0.25) is 0 Å². The van der Waals surface area contributed by atoms with Gasteiger partial charge < -0.3 is 10.1 Å². The summed E-state index contributed by atoms with van der Waals surface area (Å²) in [4.78, 5) is 2.63. The Kier molecular flexibility index (Phi) is 4.00. The van der Waals surface area contributed by atoms with Gasteiger partial charge in [0.1, 0.15) is 0 Å². The van der Waals surface area contributed by atoms with Gasteiger partial charge in [-0.1, -0.05) is 0 Å². The molecule has 0 aromatic rings. The first-order valence-corrected chi connectivity index (χ1v) is 6.31. The summed E-state index contributed by atoms with van der Waals surface area (Å²) in [5, 5.41) is 3.47. The molecule has 0 radical (unpaired) electrons. The summed E-state index contributed by atoms with van der Waals surface area (Å²) in [6, 6.07) is 1.23. The first-order valence-electron chi connectivity index (χ1n) is 6.31. The Morgan fingerprint density at radius 2 is 1.87 bits per heavy atom. The molecule has 1 saturated heterocycles. The van der Waals surface area contributed by atoms with E-state index in [9.17, 15) is 0 Å². The van der Waals surface area contributed by atoms with Crippen LogP contribution in [0.1, 0.15) is 32.1 Å². The molecule has 0 unspecified atom stereocenters. The van der Waals surface area contributed by atoms with Crippen LogP contribution in [-0.4, -0.2) is 50.3 Å². The van der Waals surface area contributed by atoms with Crippen LogP contribution in [0.5, 0.6) is 0 Å². The molecule has 1 heterocycles. The normalized spacial score (nSPS) is 38.4. The fourth-order valence-electron chi connectivity index (χ4n) is 3.24. The Balaban J connectivity index is 2.05. The molecule has 0 aromatic heterocycles. The van der Waals surface area contributed by atoms with E-state index in [-0.39, 0.29) is 0 Å². The maximum Gasteiger partial charge on any atom is 0.0741 e. The summed E-state index contributed by atoms with van der Waals surface area (Å²) >= 11 is 0. The minimum absolute atomic E-state index is 0.439. The monoisotopic (exact) mass is 212 g/mol. The minimum Gasteiger partial charge on any atom is -0.380 e. The van der Waals surface area contributed by atoms with E-state index in [4.69, 9.17) is 4.74 Å². The van der Waals surface area contributed by atoms with Crippen molar-refractivity contribution in [2.24, 2.45) is 0 Å². The van der Waals surface area contributed by atoms with Gasteiger partial charge in [0.25, 0.3) is 0 Å². The first-order chi connectivity index (χ1) is 7.36. The van der Waals surface area contributed by atoms with E-state index in [1.807, 2.05) is 7.11 Å². The average molecular weight is 212 g/mol. The van der Waals surface area contributed by atoms with Crippen molar-refractivity contribution in [2.75, 3.05) is 27.2 Å². The number of nitrogens with one attached hydrogen (secondary N) is 1. The average Bonchev–Trinajstić information content (AvgIpc) is 2.81. The molecule has 0 bridgehead atoms. The van der Waals surface area contributed by atoms with Crippen molar-refractivity contribution in [1.29, 1.82) is 0 Å². The van der Waals surface area contributed by atoms with E-state index in [0.29, 0.717) is 18.2 Å². The molecule has 1 N–H and O–H groups in total. The maximum absolute atomic E-state index is 5.67. The second-order valence-corrected chi connectivity index (χ2v) is 4.83. The van der Waals surface area contributed by atoms with Crippen molar-refractivity contribution < 1.29 is 4.74 Å². The van der Waals surface area contributed by atoms with Crippen molar-refractivity contribution in [3.63, 3.8) is 0 Å². The van der Waals surface area contributed by atoms with Crippen molar-refractivity contribution in [1.82, 2.24) is 10.2 Å². The quantitative estimate of drug-likeness (QED) is 0.762. The molecule has 2 rings (SSSR count). The van der Waals surface area contributed by atoms with Gasteiger partial charge in [-0.15, -0.1) is 0 Å². The second-order valence-electron chi connectivity index (χ2n) is 4.83. The third kappa shape index (κ3) is 2.35. The molecule has 2 fully saturated rings. The summed E-state index contributed by atoms with van der Waals surface area (Å²) in [5.41, 5.74) is 0. The smallest absolute Gasteiger partial charge is 0.0741 e. The van der Waals surface area contributed by atoms with Crippen molar-refractivity contribution in [3.8, 4) is 0 Å². The zero-order valence-corrected chi connectivity index (χ0v) is 10.0. The number of rotatable bonds is 3. The number of hydrogen-bond acceptors (Lipinski definition) is 3. The molecule has 1 saturated carbocycles. The number of methoxy groups -OCH3 is 1. The predicted molar refractivity (Wildman–Crippen MR) is 62.1 cm³/mol. The largest absolute Gasteiger partial charge is 0.380 e. The highest BCUT2D eigenvalue weighted by Gasteiger charge is 2.37. The van der Waals surface area contributed by atoms with Crippen LogP contribution in [0.3, 0.4) is 0 Å². The van der Waals surface area contributed by atoms with Crippen molar-refractivity contribution in [2.45, 2.75) is 50.3 Å². The molecular formula is C12H24N2O. The lowest BCUT2D eigenvalue weighted by Crippen LogP contribution is -2.57. The lowest BCUT2D eigenvalue weighted by molar-refractivity contribution is -0.0174. The lowest BCUT2D eigenvalue weighted by Gasteiger charge is -2.42. The minimum atomic E-state index is 0.439. The van der Waals surface area contributed by atoms with Gasteiger partial charge in [-0.2, -0.15) is 0 Å². The number of ether oxygens (including phenoxy) is 1. The van der Waals surface area contributed by atoms with Gasteiger partial charge in [0.05, 0.1) is 12.1 Å². The highest BCUT2D eigenvalue weighted by atomic mass is 16.5. The van der Waals surface area contributed by atoms with Crippen LogP contribution in [-0.2, 0) is 4.74 Å². The molecule has 0 spiro atoms. The van der Waals surface area contributed by atoms with Crippen LogP contribution in [0.15, 0.2) is 0 Å². The number of hydrogen-bond donors (Lipinski definition) is 1. The molecular weight excluding hydrogens is 188 g/mol. The molecule has 0 aromatic carbocycles. The summed E-state index contributed by atoms with van der Waals surface area (Å²) in [6.45, 7) is 2.53. The van der Waals surface area contributed by atoms with Crippen molar-refractivity contribution >= 4 is 0 Å². The van der Waals surface area contributed by atoms with E-state index in [1.54, 1.807) is 0 Å². The van der Waals surface area contributed by atoms with Gasteiger partial charge in [0, 0.05) is 13.2 Å². The van der Waals surface area contributed by atoms with Gasteiger partial charge in [-0.25, -0.2) is 0 Å². The summed E-state index contributed by atoms with van der Waals surface area (Å²) in [7, 11) is 3.96. The van der Waals surface area contributed by atoms with E-state index in [2.05, 4.69) is 17.3 Å². The summed E-state index contributed by atoms with van der Waals surface area (Å²) < 4.78 is 5.67. The lowest BCUT2D eigenvalue weighted by atomic mass is 9.86. The Labute approximate surface area is 93.2 Å². The van der Waals surface area contributed by atoms with E-state index in [1.165, 1.54) is 45.2 Å². The van der Waals surface area contributed by atoms with Gasteiger partial charge in [-0.05, 0) is 52.2 Å². The fraction of sp³-hybridized carbons (Fsp3) is 1.00. The SMILES string of the molecule is CN[C@H]1CCC[C@@H](OC)[C@@H]1N1CCCC1. The van der Waals surface area contributed by atoms with Crippen LogP contribution in [0.4, 0.5) is 0 Å². The first kappa shape index (κ1) is 11.4. The Morgan fingerprint density at radius 3 is 2.47 bits per heavy atom. The van der Waals surface area contributed by atoms with E-state index < -0.39 is 0 Å². The topological polar surface area (TPSA) is 24.5 Å². The van der Waals surface area contributed by atoms with E-state index in [0.717, 1.165) is 0 Å². The number of likely N-dealkylation sites (tertiary alicyclic amines) is 1. The third-order valence-corrected chi connectivity index (χ3v) is 4.03. The number of nitrogens with zero attached hydrogens (tertiary/aromatic N) is 1. The molecule has 3 heteroatoms. The highest BCUT2D eigenvalue weighted by Crippen LogP contribution is 2.28. The standard InChI is InChI=1S/C12H24N2O/c1-13-10-6-5-7-11(15-2)12(10)14-8-3-4-9-14/h10-13H,3-9H2,1-2H3/t10-,11+,12+/m0/s1.